The summed E-state index contributed by atoms with van der Waals surface area (Å²) in [6.45, 7) is 11.4. The Balaban J connectivity index is 1.50. The number of hydrogen-bond acceptors (Lipinski definition) is 5. The molecule has 7 nitrogen and oxygen atoms in total. The van der Waals surface area contributed by atoms with E-state index in [0.717, 1.165) is 36.1 Å². The van der Waals surface area contributed by atoms with Crippen molar-refractivity contribution in [3.8, 4) is 0 Å². The summed E-state index contributed by atoms with van der Waals surface area (Å²) < 4.78 is 34.1. The summed E-state index contributed by atoms with van der Waals surface area (Å²) in [5, 5.41) is 3.97. The zero-order valence-corrected chi connectivity index (χ0v) is 22.3. The van der Waals surface area contributed by atoms with Crippen molar-refractivity contribution in [3.05, 3.63) is 45.8 Å². The number of rotatable bonds is 5. The van der Waals surface area contributed by atoms with Gasteiger partial charge in [-0.15, -0.1) is 0 Å². The van der Waals surface area contributed by atoms with Gasteiger partial charge in [0.25, 0.3) is 0 Å². The highest BCUT2D eigenvalue weighted by Gasteiger charge is 2.37. The second-order valence-electron chi connectivity index (χ2n) is 10.2. The first-order valence-corrected chi connectivity index (χ1v) is 14.1. The maximum Gasteiger partial charge on any atom is 0.248 e. The van der Waals surface area contributed by atoms with Gasteiger partial charge in [0.2, 0.25) is 15.9 Å². The molecule has 1 aromatic heterocycles. The molecule has 2 aliphatic rings. The zero-order chi connectivity index (χ0) is 25.3. The molecule has 0 N–H and O–H groups in total. The quantitative estimate of drug-likeness (QED) is 0.585. The van der Waals surface area contributed by atoms with E-state index in [1.165, 1.54) is 16.3 Å². The lowest BCUT2D eigenvalue weighted by molar-refractivity contribution is -0.140. The number of benzene rings is 1. The first-order valence-electron chi connectivity index (χ1n) is 12.6. The van der Waals surface area contributed by atoms with E-state index in [4.69, 9.17) is 4.52 Å². The smallest absolute Gasteiger partial charge is 0.248 e. The van der Waals surface area contributed by atoms with Crippen molar-refractivity contribution in [2.24, 2.45) is 5.92 Å². The predicted octanol–water partition coefficient (Wildman–Crippen LogP) is 4.88. The van der Waals surface area contributed by atoms with Crippen molar-refractivity contribution in [3.63, 3.8) is 0 Å². The molecule has 2 aliphatic heterocycles. The van der Waals surface area contributed by atoms with Crippen LogP contribution < -0.4 is 0 Å². The fourth-order valence-corrected chi connectivity index (χ4v) is 7.26. The highest BCUT2D eigenvalue weighted by Crippen LogP contribution is 2.31. The van der Waals surface area contributed by atoms with Crippen LogP contribution in [0.4, 0.5) is 0 Å². The Morgan fingerprint density at radius 2 is 1.66 bits per heavy atom. The van der Waals surface area contributed by atoms with Crippen molar-refractivity contribution >= 4 is 28.1 Å². The first kappa shape index (κ1) is 25.6. The third-order valence-corrected chi connectivity index (χ3v) is 9.52. The minimum absolute atomic E-state index is 0.113. The molecule has 0 spiro atoms. The molecule has 0 saturated carbocycles. The average molecular weight is 500 g/mol. The van der Waals surface area contributed by atoms with E-state index in [0.29, 0.717) is 31.6 Å². The van der Waals surface area contributed by atoms with Crippen LogP contribution in [0, 0.1) is 33.6 Å². The largest absolute Gasteiger partial charge is 0.355 e. The van der Waals surface area contributed by atoms with E-state index in [1.807, 2.05) is 24.8 Å². The molecule has 190 valence electrons. The molecule has 1 aromatic carbocycles. The summed E-state index contributed by atoms with van der Waals surface area (Å²) in [7, 11) is -3.80. The van der Waals surface area contributed by atoms with Gasteiger partial charge in [-0.25, -0.2) is 8.42 Å². The lowest BCUT2D eigenvalue weighted by atomic mass is 9.94. The van der Waals surface area contributed by atoms with E-state index in [-0.39, 0.29) is 28.5 Å². The monoisotopic (exact) mass is 499 g/mol. The van der Waals surface area contributed by atoms with Crippen molar-refractivity contribution < 1.29 is 17.7 Å². The number of sulfonamides is 1. The molecular formula is C27H37N3O4S. The van der Waals surface area contributed by atoms with Gasteiger partial charge in [0.05, 0.1) is 0 Å². The SMILES string of the molecule is Cc1cc(C)c(/C=C/c2onc(C)c2S(=O)(=O)N2CCC(C(=O)N3CCCC[C@@H]3C)CC2)c(C)c1. The number of hydrogen-bond donors (Lipinski definition) is 0. The van der Waals surface area contributed by atoms with Gasteiger partial charge in [0.1, 0.15) is 5.69 Å². The third-order valence-electron chi connectivity index (χ3n) is 7.46. The van der Waals surface area contributed by atoms with Crippen LogP contribution in [0.3, 0.4) is 0 Å². The average Bonchev–Trinajstić information content (AvgIpc) is 3.19. The normalized spacial score (nSPS) is 20.6. The molecule has 0 aliphatic carbocycles. The molecule has 2 fully saturated rings. The van der Waals surface area contributed by atoms with Crippen LogP contribution >= 0.6 is 0 Å². The first-order chi connectivity index (χ1) is 16.6. The standard InChI is InChI=1S/C27H37N3O4S/c1-18-16-19(2)24(20(3)17-18)9-10-25-26(22(5)28-34-25)35(32,33)29-14-11-23(12-15-29)27(31)30-13-7-6-8-21(30)4/h9-10,16-17,21,23H,6-8,11-15H2,1-5H3/b10-9+/t21-/m0/s1. The number of aromatic nitrogens is 1. The third kappa shape index (κ3) is 5.23. The highest BCUT2D eigenvalue weighted by atomic mass is 32.2. The fourth-order valence-electron chi connectivity index (χ4n) is 5.54. The Kier molecular flexibility index (Phi) is 7.52. The van der Waals surface area contributed by atoms with Crippen LogP contribution in [0.25, 0.3) is 12.2 Å². The number of carbonyl (C=O) groups is 1. The maximum absolute atomic E-state index is 13.6. The van der Waals surface area contributed by atoms with Crippen LogP contribution in [-0.4, -0.2) is 54.4 Å². The summed E-state index contributed by atoms with van der Waals surface area (Å²) >= 11 is 0. The molecule has 4 rings (SSSR count). The van der Waals surface area contributed by atoms with Crippen molar-refractivity contribution in [2.45, 2.75) is 77.7 Å². The Labute approximate surface area is 209 Å². The summed E-state index contributed by atoms with van der Waals surface area (Å²) in [5.41, 5.74) is 4.82. The summed E-state index contributed by atoms with van der Waals surface area (Å²) in [6.07, 6.45) is 7.94. The number of aryl methyl sites for hydroxylation is 4. The van der Waals surface area contributed by atoms with Gasteiger partial charge < -0.3 is 9.42 Å². The molecule has 8 heteroatoms. The second kappa shape index (κ2) is 10.3. The lowest BCUT2D eigenvalue weighted by Crippen LogP contribution is -2.48. The van der Waals surface area contributed by atoms with Crippen LogP contribution in [0.5, 0.6) is 0 Å². The van der Waals surface area contributed by atoms with E-state index >= 15 is 0 Å². The number of piperidine rings is 2. The van der Waals surface area contributed by atoms with Crippen LogP contribution in [-0.2, 0) is 14.8 Å². The van der Waals surface area contributed by atoms with E-state index < -0.39 is 10.0 Å². The van der Waals surface area contributed by atoms with Gasteiger partial charge in [-0.1, -0.05) is 28.9 Å². The van der Waals surface area contributed by atoms with Crippen molar-refractivity contribution in [1.29, 1.82) is 0 Å². The zero-order valence-electron chi connectivity index (χ0n) is 21.5. The Hall–Kier alpha value is -2.45. The number of likely N-dealkylation sites (tertiary alicyclic amines) is 1. The molecule has 0 bridgehead atoms. The minimum atomic E-state index is -3.80. The van der Waals surface area contributed by atoms with Gasteiger partial charge >= 0.3 is 0 Å². The highest BCUT2D eigenvalue weighted by molar-refractivity contribution is 7.89. The molecule has 1 amide bonds. The maximum atomic E-state index is 13.6. The number of amides is 1. The van der Waals surface area contributed by atoms with Gasteiger partial charge in [-0.2, -0.15) is 4.31 Å². The Morgan fingerprint density at radius 1 is 1.00 bits per heavy atom. The Bertz CT molecular complexity index is 1200. The molecule has 0 radical (unpaired) electrons. The van der Waals surface area contributed by atoms with Gasteiger partial charge in [0.15, 0.2) is 10.7 Å². The van der Waals surface area contributed by atoms with E-state index in [9.17, 15) is 13.2 Å². The molecule has 3 heterocycles. The van der Waals surface area contributed by atoms with Crippen LogP contribution in [0.2, 0.25) is 0 Å². The van der Waals surface area contributed by atoms with Crippen LogP contribution in [0.15, 0.2) is 21.6 Å². The molecule has 1 atom stereocenters. The van der Waals surface area contributed by atoms with Gasteiger partial charge in [-0.3, -0.25) is 4.79 Å². The molecule has 2 saturated heterocycles. The number of nitrogens with zero attached hydrogens (tertiary/aromatic N) is 3. The van der Waals surface area contributed by atoms with Crippen molar-refractivity contribution in [1.82, 2.24) is 14.4 Å². The van der Waals surface area contributed by atoms with Gasteiger partial charge in [0, 0.05) is 31.6 Å². The molecule has 35 heavy (non-hydrogen) atoms. The topological polar surface area (TPSA) is 83.7 Å². The number of carbonyl (C=O) groups excluding carboxylic acids is 1. The molecule has 2 aromatic rings. The van der Waals surface area contributed by atoms with Gasteiger partial charge in [-0.05, 0) is 89.5 Å². The molecule has 0 unspecified atom stereocenters. The van der Waals surface area contributed by atoms with E-state index in [2.05, 4.69) is 31.1 Å². The predicted molar refractivity (Wildman–Crippen MR) is 137 cm³/mol. The summed E-state index contributed by atoms with van der Waals surface area (Å²) in [4.78, 5) is 15.2. The fraction of sp³-hybridized carbons (Fsp3) is 0.556. The minimum Gasteiger partial charge on any atom is -0.355 e. The Morgan fingerprint density at radius 3 is 2.29 bits per heavy atom. The van der Waals surface area contributed by atoms with Crippen LogP contribution in [0.1, 0.15) is 72.7 Å². The summed E-state index contributed by atoms with van der Waals surface area (Å²) in [6, 6.07) is 4.48. The summed E-state index contributed by atoms with van der Waals surface area (Å²) in [5.74, 6) is 0.308. The van der Waals surface area contributed by atoms with Crippen molar-refractivity contribution in [2.75, 3.05) is 19.6 Å². The molecular weight excluding hydrogens is 462 g/mol. The second-order valence-corrected chi connectivity index (χ2v) is 12.0. The van der Waals surface area contributed by atoms with E-state index in [1.54, 1.807) is 13.0 Å². The lowest BCUT2D eigenvalue weighted by Gasteiger charge is -2.38.